The van der Waals surface area contributed by atoms with Crippen molar-refractivity contribution in [1.82, 2.24) is 15.3 Å². The Balaban J connectivity index is 1.82. The van der Waals surface area contributed by atoms with Crippen LogP contribution < -0.4 is 11.1 Å². The van der Waals surface area contributed by atoms with Crippen molar-refractivity contribution in [1.29, 1.82) is 0 Å². The molecule has 6 heteroatoms. The van der Waals surface area contributed by atoms with Crippen LogP contribution in [0.5, 0.6) is 0 Å². The van der Waals surface area contributed by atoms with Gasteiger partial charge in [-0.1, -0.05) is 0 Å². The topological polar surface area (TPSA) is 90.1 Å². The molecule has 1 aromatic rings. The van der Waals surface area contributed by atoms with Gasteiger partial charge in [-0.3, -0.25) is 4.79 Å². The minimum Gasteiger partial charge on any atom is -0.382 e. The molecule has 1 amide bonds. The summed E-state index contributed by atoms with van der Waals surface area (Å²) in [5, 5.41) is 2.85. The van der Waals surface area contributed by atoms with Gasteiger partial charge in [0.1, 0.15) is 11.5 Å². The van der Waals surface area contributed by atoms with Crippen LogP contribution in [0, 0.1) is 5.92 Å². The zero-order valence-corrected chi connectivity index (χ0v) is 9.56. The van der Waals surface area contributed by atoms with Gasteiger partial charge >= 0.3 is 0 Å². The first-order valence-corrected chi connectivity index (χ1v) is 5.69. The molecule has 92 valence electrons. The molecule has 17 heavy (non-hydrogen) atoms. The highest BCUT2D eigenvalue weighted by atomic mass is 16.5. The van der Waals surface area contributed by atoms with Crippen molar-refractivity contribution in [3.05, 3.63) is 18.1 Å². The number of anilines is 1. The van der Waals surface area contributed by atoms with Crippen LogP contribution in [0.1, 0.15) is 23.3 Å². The number of amides is 1. The summed E-state index contributed by atoms with van der Waals surface area (Å²) in [6, 6.07) is 0. The van der Waals surface area contributed by atoms with Crippen LogP contribution >= 0.6 is 0 Å². The van der Waals surface area contributed by atoms with Gasteiger partial charge in [0.25, 0.3) is 5.91 Å². The van der Waals surface area contributed by atoms with Gasteiger partial charge in [-0.05, 0) is 18.8 Å². The molecule has 0 radical (unpaired) electrons. The van der Waals surface area contributed by atoms with Crippen molar-refractivity contribution in [3.63, 3.8) is 0 Å². The van der Waals surface area contributed by atoms with Crippen molar-refractivity contribution >= 4 is 11.7 Å². The van der Waals surface area contributed by atoms with Crippen LogP contribution in [0.4, 0.5) is 5.82 Å². The van der Waals surface area contributed by atoms with Crippen LogP contribution in [-0.2, 0) is 4.74 Å². The van der Waals surface area contributed by atoms with Crippen molar-refractivity contribution < 1.29 is 9.53 Å². The summed E-state index contributed by atoms with van der Waals surface area (Å²) >= 11 is 0. The lowest BCUT2D eigenvalue weighted by molar-refractivity contribution is 0.0642. The molecule has 1 saturated heterocycles. The minimum atomic E-state index is -0.205. The smallest absolute Gasteiger partial charge is 0.271 e. The van der Waals surface area contributed by atoms with Crippen LogP contribution in [0.15, 0.2) is 12.4 Å². The fraction of sp³-hybridized carbons (Fsp3) is 0.545. The SMILES string of the molecule is Nc1cnc(C(=O)NCC2CCOCC2)cn1. The monoisotopic (exact) mass is 236 g/mol. The van der Waals surface area contributed by atoms with E-state index < -0.39 is 0 Å². The maximum atomic E-state index is 11.7. The molecule has 2 rings (SSSR count). The molecular formula is C11H16N4O2. The predicted molar refractivity (Wildman–Crippen MR) is 62.3 cm³/mol. The van der Waals surface area contributed by atoms with E-state index in [0.717, 1.165) is 26.1 Å². The number of nitrogens with two attached hydrogens (primary N) is 1. The Bertz CT molecular complexity index is 374. The summed E-state index contributed by atoms with van der Waals surface area (Å²) in [6.45, 7) is 2.22. The van der Waals surface area contributed by atoms with Gasteiger partial charge in [0.05, 0.1) is 12.4 Å². The van der Waals surface area contributed by atoms with Gasteiger partial charge in [-0.25, -0.2) is 9.97 Å². The zero-order valence-electron chi connectivity index (χ0n) is 9.56. The molecule has 0 aliphatic carbocycles. The Morgan fingerprint density at radius 3 is 2.82 bits per heavy atom. The molecule has 2 heterocycles. The second-order valence-corrected chi connectivity index (χ2v) is 4.09. The quantitative estimate of drug-likeness (QED) is 0.783. The molecule has 0 unspecified atom stereocenters. The normalized spacial score (nSPS) is 16.7. The molecule has 0 spiro atoms. The van der Waals surface area contributed by atoms with E-state index in [-0.39, 0.29) is 5.91 Å². The van der Waals surface area contributed by atoms with Gasteiger partial charge in [-0.15, -0.1) is 0 Å². The Morgan fingerprint density at radius 2 is 2.18 bits per heavy atom. The summed E-state index contributed by atoms with van der Waals surface area (Å²) in [5.41, 5.74) is 5.70. The first-order valence-electron chi connectivity index (χ1n) is 5.69. The number of nitrogens with zero attached hydrogens (tertiary/aromatic N) is 2. The Hall–Kier alpha value is -1.69. The number of ether oxygens (including phenoxy) is 1. The van der Waals surface area contributed by atoms with E-state index in [4.69, 9.17) is 10.5 Å². The highest BCUT2D eigenvalue weighted by molar-refractivity contribution is 5.91. The highest BCUT2D eigenvalue weighted by Gasteiger charge is 2.15. The van der Waals surface area contributed by atoms with Gasteiger partial charge in [0.2, 0.25) is 0 Å². The van der Waals surface area contributed by atoms with E-state index in [1.54, 1.807) is 0 Å². The molecular weight excluding hydrogens is 220 g/mol. The van der Waals surface area contributed by atoms with Gasteiger partial charge in [0, 0.05) is 19.8 Å². The number of hydrogen-bond donors (Lipinski definition) is 2. The fourth-order valence-electron chi connectivity index (χ4n) is 1.73. The lowest BCUT2D eigenvalue weighted by Crippen LogP contribution is -2.32. The van der Waals surface area contributed by atoms with Crippen LogP contribution in [0.2, 0.25) is 0 Å². The predicted octanol–water partition coefficient (Wildman–Crippen LogP) is 0.215. The lowest BCUT2D eigenvalue weighted by atomic mass is 10.0. The number of rotatable bonds is 3. The summed E-state index contributed by atoms with van der Waals surface area (Å²) in [6.07, 6.45) is 4.75. The summed E-state index contributed by atoms with van der Waals surface area (Å²) in [5.74, 6) is 0.601. The average molecular weight is 236 g/mol. The molecule has 0 saturated carbocycles. The summed E-state index contributed by atoms with van der Waals surface area (Å²) in [4.78, 5) is 19.5. The molecule has 3 N–H and O–H groups in total. The number of carbonyl (C=O) groups is 1. The van der Waals surface area contributed by atoms with E-state index in [9.17, 15) is 4.79 Å². The van der Waals surface area contributed by atoms with E-state index in [2.05, 4.69) is 15.3 Å². The number of nitrogens with one attached hydrogen (secondary N) is 1. The number of nitrogen functional groups attached to an aromatic ring is 1. The average Bonchev–Trinajstić information content (AvgIpc) is 2.38. The maximum absolute atomic E-state index is 11.7. The minimum absolute atomic E-state index is 0.205. The van der Waals surface area contributed by atoms with Gasteiger partial charge < -0.3 is 15.8 Å². The molecule has 0 bridgehead atoms. The van der Waals surface area contributed by atoms with Crippen molar-refractivity contribution in [2.75, 3.05) is 25.5 Å². The third-order valence-electron chi connectivity index (χ3n) is 2.80. The second-order valence-electron chi connectivity index (χ2n) is 4.09. The molecule has 1 fully saturated rings. The van der Waals surface area contributed by atoms with Crippen molar-refractivity contribution in [2.24, 2.45) is 5.92 Å². The maximum Gasteiger partial charge on any atom is 0.271 e. The molecule has 1 aromatic heterocycles. The zero-order chi connectivity index (χ0) is 12.1. The summed E-state index contributed by atoms with van der Waals surface area (Å²) in [7, 11) is 0. The third-order valence-corrected chi connectivity index (χ3v) is 2.80. The van der Waals surface area contributed by atoms with Crippen LogP contribution in [0.25, 0.3) is 0 Å². The van der Waals surface area contributed by atoms with Crippen LogP contribution in [-0.4, -0.2) is 35.6 Å². The first kappa shape index (κ1) is 11.8. The standard InChI is InChI=1S/C11H16N4O2/c12-10-7-13-9(6-14-10)11(16)15-5-8-1-3-17-4-2-8/h6-8H,1-5H2,(H2,12,14)(H,15,16). The number of hydrogen-bond acceptors (Lipinski definition) is 5. The first-order chi connectivity index (χ1) is 8.25. The number of carbonyl (C=O) groups excluding carboxylic acids is 1. The largest absolute Gasteiger partial charge is 0.382 e. The highest BCUT2D eigenvalue weighted by Crippen LogP contribution is 2.13. The molecule has 1 aliphatic rings. The van der Waals surface area contributed by atoms with E-state index >= 15 is 0 Å². The van der Waals surface area contributed by atoms with E-state index in [1.165, 1.54) is 12.4 Å². The van der Waals surface area contributed by atoms with E-state index in [1.807, 2.05) is 0 Å². The van der Waals surface area contributed by atoms with Crippen LogP contribution in [0.3, 0.4) is 0 Å². The molecule has 0 aromatic carbocycles. The Morgan fingerprint density at radius 1 is 1.41 bits per heavy atom. The Kier molecular flexibility index (Phi) is 3.87. The van der Waals surface area contributed by atoms with Crippen molar-refractivity contribution in [3.8, 4) is 0 Å². The number of aromatic nitrogens is 2. The second kappa shape index (κ2) is 5.58. The van der Waals surface area contributed by atoms with Gasteiger partial charge in [-0.2, -0.15) is 0 Å². The molecule has 1 aliphatic heterocycles. The molecule has 6 nitrogen and oxygen atoms in total. The third kappa shape index (κ3) is 3.39. The summed E-state index contributed by atoms with van der Waals surface area (Å²) < 4.78 is 5.26. The van der Waals surface area contributed by atoms with Crippen molar-refractivity contribution in [2.45, 2.75) is 12.8 Å². The molecule has 0 atom stereocenters. The Labute approximate surface area is 99.6 Å². The lowest BCUT2D eigenvalue weighted by Gasteiger charge is -2.21. The van der Waals surface area contributed by atoms with E-state index in [0.29, 0.717) is 24.0 Å². The van der Waals surface area contributed by atoms with Gasteiger partial charge in [0.15, 0.2) is 0 Å². The fourth-order valence-corrected chi connectivity index (χ4v) is 1.73.